The van der Waals surface area contributed by atoms with Gasteiger partial charge in [-0.15, -0.1) is 11.8 Å². The van der Waals surface area contributed by atoms with E-state index in [-0.39, 0.29) is 11.7 Å². The maximum Gasteiger partial charge on any atom is 0.230 e. The van der Waals surface area contributed by atoms with Gasteiger partial charge in [0.25, 0.3) is 0 Å². The van der Waals surface area contributed by atoms with Crippen molar-refractivity contribution in [2.75, 3.05) is 27.1 Å². The van der Waals surface area contributed by atoms with Crippen LogP contribution in [0, 0.1) is 0 Å². The number of halogens is 2. The van der Waals surface area contributed by atoms with Gasteiger partial charge in [0.2, 0.25) is 11.7 Å². The number of hydrogen-bond donors (Lipinski definition) is 1. The van der Waals surface area contributed by atoms with Crippen LogP contribution in [0.1, 0.15) is 11.1 Å². The molecule has 1 N–H and O–H groups in total. The Morgan fingerprint density at radius 3 is 2.26 bits per heavy atom. The summed E-state index contributed by atoms with van der Waals surface area (Å²) in [6, 6.07) is 8.97. The maximum atomic E-state index is 12.2. The number of carbonyl (C=O) groups is 1. The Labute approximate surface area is 173 Å². The first-order valence-corrected chi connectivity index (χ1v) is 9.98. The van der Waals surface area contributed by atoms with Crippen LogP contribution in [0.2, 0.25) is 10.0 Å². The number of hydrogen-bond acceptors (Lipinski definition) is 5. The fourth-order valence-electron chi connectivity index (χ4n) is 2.46. The van der Waals surface area contributed by atoms with Gasteiger partial charge in [-0.25, -0.2) is 0 Å². The van der Waals surface area contributed by atoms with E-state index in [9.17, 15) is 4.79 Å². The van der Waals surface area contributed by atoms with Crippen molar-refractivity contribution in [2.45, 2.75) is 12.3 Å². The second-order valence-electron chi connectivity index (χ2n) is 5.46. The fraction of sp³-hybridized carbons (Fsp3) is 0.316. The van der Waals surface area contributed by atoms with E-state index in [1.165, 1.54) is 11.8 Å². The van der Waals surface area contributed by atoms with Crippen LogP contribution in [0.15, 0.2) is 30.3 Å². The molecule has 0 aromatic heterocycles. The van der Waals surface area contributed by atoms with Crippen LogP contribution >= 0.6 is 35.0 Å². The van der Waals surface area contributed by atoms with E-state index >= 15 is 0 Å². The topological polar surface area (TPSA) is 56.8 Å². The zero-order valence-corrected chi connectivity index (χ0v) is 17.6. The molecule has 5 nitrogen and oxygen atoms in total. The summed E-state index contributed by atoms with van der Waals surface area (Å²) in [5.41, 5.74) is 1.63. The Hall–Kier alpha value is -1.76. The van der Waals surface area contributed by atoms with Crippen molar-refractivity contribution in [1.29, 1.82) is 0 Å². The summed E-state index contributed by atoms with van der Waals surface area (Å²) in [6.07, 6.45) is 0. The summed E-state index contributed by atoms with van der Waals surface area (Å²) in [4.78, 5) is 12.2. The summed E-state index contributed by atoms with van der Waals surface area (Å²) in [5.74, 6) is 2.35. The summed E-state index contributed by atoms with van der Waals surface area (Å²) < 4.78 is 16.0. The highest BCUT2D eigenvalue weighted by Crippen LogP contribution is 2.39. The number of methoxy groups -OCH3 is 3. The molecule has 8 heteroatoms. The molecule has 0 fully saturated rings. The first-order valence-electron chi connectivity index (χ1n) is 8.07. The molecular weight excluding hydrogens is 409 g/mol. The molecule has 0 saturated heterocycles. The van der Waals surface area contributed by atoms with Crippen LogP contribution in [0.25, 0.3) is 0 Å². The molecule has 0 aliphatic rings. The van der Waals surface area contributed by atoms with E-state index in [0.29, 0.717) is 39.6 Å². The molecule has 0 aliphatic heterocycles. The van der Waals surface area contributed by atoms with Crippen LogP contribution < -0.4 is 19.5 Å². The second-order valence-corrected chi connectivity index (χ2v) is 7.26. The molecule has 27 heavy (non-hydrogen) atoms. The van der Waals surface area contributed by atoms with Crippen LogP contribution in [0.4, 0.5) is 0 Å². The van der Waals surface area contributed by atoms with Crippen molar-refractivity contribution >= 4 is 40.9 Å². The minimum atomic E-state index is -0.0972. The number of carbonyl (C=O) groups excluding carboxylic acids is 1. The lowest BCUT2D eigenvalue weighted by atomic mass is 10.1. The van der Waals surface area contributed by atoms with Gasteiger partial charge in [0.15, 0.2) is 11.5 Å². The molecule has 0 radical (unpaired) electrons. The number of amides is 1. The Bertz CT molecular complexity index is 781. The van der Waals surface area contributed by atoms with Crippen LogP contribution in [-0.4, -0.2) is 33.0 Å². The van der Waals surface area contributed by atoms with E-state index in [1.54, 1.807) is 45.6 Å². The molecular formula is C19H21Cl2NO4S. The van der Waals surface area contributed by atoms with E-state index in [2.05, 4.69) is 5.32 Å². The van der Waals surface area contributed by atoms with E-state index in [0.717, 1.165) is 11.1 Å². The van der Waals surface area contributed by atoms with Gasteiger partial charge >= 0.3 is 0 Å². The van der Waals surface area contributed by atoms with Crippen molar-refractivity contribution in [3.63, 3.8) is 0 Å². The van der Waals surface area contributed by atoms with Gasteiger partial charge in [-0.3, -0.25) is 4.79 Å². The minimum Gasteiger partial charge on any atom is -0.493 e. The Morgan fingerprint density at radius 2 is 1.67 bits per heavy atom. The maximum absolute atomic E-state index is 12.2. The lowest BCUT2D eigenvalue weighted by molar-refractivity contribution is -0.118. The molecule has 0 atom stereocenters. The fourth-order valence-corrected chi connectivity index (χ4v) is 4.06. The molecule has 146 valence electrons. The predicted molar refractivity (Wildman–Crippen MR) is 111 cm³/mol. The summed E-state index contributed by atoms with van der Waals surface area (Å²) in [6.45, 7) is 0.315. The highest BCUT2D eigenvalue weighted by atomic mass is 35.5. The third-order valence-electron chi connectivity index (χ3n) is 3.80. The second kappa shape index (κ2) is 10.5. The van der Waals surface area contributed by atoms with Crippen LogP contribution in [0.5, 0.6) is 17.2 Å². The lowest BCUT2D eigenvalue weighted by Gasteiger charge is -2.16. The van der Waals surface area contributed by atoms with Crippen LogP contribution in [-0.2, 0) is 17.1 Å². The number of ether oxygens (including phenoxy) is 3. The first-order chi connectivity index (χ1) is 13.0. The normalized spacial score (nSPS) is 10.4. The Balaban J connectivity index is 1.92. The average Bonchev–Trinajstić information content (AvgIpc) is 2.67. The summed E-state index contributed by atoms with van der Waals surface area (Å²) >= 11 is 13.7. The zero-order valence-electron chi connectivity index (χ0n) is 15.3. The van der Waals surface area contributed by atoms with E-state index < -0.39 is 0 Å². The number of thioether (sulfide) groups is 1. The van der Waals surface area contributed by atoms with Crippen LogP contribution in [0.3, 0.4) is 0 Å². The molecule has 1 amide bonds. The quantitative estimate of drug-likeness (QED) is 0.632. The lowest BCUT2D eigenvalue weighted by Crippen LogP contribution is -2.25. The van der Waals surface area contributed by atoms with Gasteiger partial charge in [0, 0.05) is 27.9 Å². The SMILES string of the molecule is COc1ccc(CNC(=O)CSCc2c(Cl)cccc2Cl)c(OC)c1OC. The third kappa shape index (κ3) is 5.61. The van der Waals surface area contributed by atoms with Crippen molar-refractivity contribution in [2.24, 2.45) is 0 Å². The largest absolute Gasteiger partial charge is 0.493 e. The summed E-state index contributed by atoms with van der Waals surface area (Å²) in [7, 11) is 4.65. The van der Waals surface area contributed by atoms with Gasteiger partial charge in [-0.05, 0) is 29.8 Å². The molecule has 0 saturated carbocycles. The molecule has 0 unspecified atom stereocenters. The number of rotatable bonds is 9. The third-order valence-corrected chi connectivity index (χ3v) is 5.47. The highest BCUT2D eigenvalue weighted by molar-refractivity contribution is 7.99. The highest BCUT2D eigenvalue weighted by Gasteiger charge is 2.16. The average molecular weight is 430 g/mol. The van der Waals surface area contributed by atoms with Gasteiger partial charge in [-0.2, -0.15) is 0 Å². The standard InChI is InChI=1S/C19H21Cl2NO4S/c1-24-16-8-7-12(18(25-2)19(16)26-3)9-22-17(23)11-27-10-13-14(20)5-4-6-15(13)21/h4-8H,9-11H2,1-3H3,(H,22,23). The molecule has 0 bridgehead atoms. The number of nitrogens with one attached hydrogen (secondary N) is 1. The van der Waals surface area contributed by atoms with Gasteiger partial charge in [0.05, 0.1) is 27.1 Å². The van der Waals surface area contributed by atoms with Gasteiger partial charge in [0.1, 0.15) is 0 Å². The van der Waals surface area contributed by atoms with Gasteiger partial charge in [-0.1, -0.05) is 29.3 Å². The Kier molecular flexibility index (Phi) is 8.41. The minimum absolute atomic E-state index is 0.0972. The van der Waals surface area contributed by atoms with Crippen molar-refractivity contribution in [3.8, 4) is 17.2 Å². The van der Waals surface area contributed by atoms with Gasteiger partial charge < -0.3 is 19.5 Å². The van der Waals surface area contributed by atoms with E-state index in [4.69, 9.17) is 37.4 Å². The first kappa shape index (κ1) is 21.5. The molecule has 2 aromatic carbocycles. The van der Waals surface area contributed by atoms with E-state index in [1.807, 2.05) is 6.07 Å². The Morgan fingerprint density at radius 1 is 1.00 bits per heavy atom. The van der Waals surface area contributed by atoms with Crippen molar-refractivity contribution < 1.29 is 19.0 Å². The molecule has 2 aromatic rings. The smallest absolute Gasteiger partial charge is 0.230 e. The predicted octanol–water partition coefficient (Wildman–Crippen LogP) is 4.57. The monoisotopic (exact) mass is 429 g/mol. The number of benzene rings is 2. The van der Waals surface area contributed by atoms with Crippen molar-refractivity contribution in [1.82, 2.24) is 5.32 Å². The molecule has 0 spiro atoms. The molecule has 2 rings (SSSR count). The van der Waals surface area contributed by atoms with Crippen molar-refractivity contribution in [3.05, 3.63) is 51.5 Å². The molecule has 0 aliphatic carbocycles. The molecule has 0 heterocycles. The zero-order chi connectivity index (χ0) is 19.8. The summed E-state index contributed by atoms with van der Waals surface area (Å²) in [5, 5.41) is 4.08.